The minimum Gasteiger partial charge on any atom is -0.378 e. The van der Waals surface area contributed by atoms with Crippen LogP contribution in [0.1, 0.15) is 0 Å². The molecule has 0 aliphatic heterocycles. The minimum absolute atomic E-state index is 0.0930. The average Bonchev–Trinajstić information content (AvgIpc) is 1.65. The number of thioether (sulfide) groups is 1. The number of hydrogen-bond acceptors (Lipinski definition) is 3. The molecule has 0 aromatic rings. The fraction of sp³-hybridized carbons (Fsp3) is 0.333. The Labute approximate surface area is 56.1 Å². The molecule has 46 valence electrons. The third-order valence-corrected chi connectivity index (χ3v) is 1.33. The quantitative estimate of drug-likeness (QED) is 0.324. The summed E-state index contributed by atoms with van der Waals surface area (Å²) in [5.41, 5.74) is 4.84. The molecule has 3 N–H and O–H groups in total. The van der Waals surface area contributed by atoms with Crippen molar-refractivity contribution >= 4 is 33.6 Å². The van der Waals surface area contributed by atoms with E-state index < -0.39 is 0 Å². The summed E-state index contributed by atoms with van der Waals surface area (Å²) in [4.78, 5) is 10.2. The number of carbonyl (C=O) groups is 1. The summed E-state index contributed by atoms with van der Waals surface area (Å²) in [6.07, 6.45) is 0. The zero-order valence-electron chi connectivity index (χ0n) is 3.98. The average molecular weight is 153 g/mol. The Morgan fingerprint density at radius 1 is 1.88 bits per heavy atom. The Balaban J connectivity index is 3.40. The lowest BCUT2D eigenvalue weighted by molar-refractivity contribution is -0.108. The predicted octanol–water partition coefficient (Wildman–Crippen LogP) is 0.378. The highest BCUT2D eigenvalue weighted by atomic mass is 35.5. The van der Waals surface area contributed by atoms with Gasteiger partial charge in [-0.2, -0.15) is 0 Å². The van der Waals surface area contributed by atoms with Gasteiger partial charge in [-0.3, -0.25) is 10.2 Å². The van der Waals surface area contributed by atoms with Gasteiger partial charge in [0.15, 0.2) is 5.17 Å². The van der Waals surface area contributed by atoms with Gasteiger partial charge in [0.2, 0.25) is 5.12 Å². The maximum atomic E-state index is 10.2. The van der Waals surface area contributed by atoms with E-state index in [1.165, 1.54) is 0 Å². The second-order valence-corrected chi connectivity index (χ2v) is 2.34. The van der Waals surface area contributed by atoms with E-state index in [9.17, 15) is 4.79 Å². The summed E-state index contributed by atoms with van der Waals surface area (Å²) >= 11 is 5.72. The molecular formula is C3H5ClN2OS. The van der Waals surface area contributed by atoms with Crippen molar-refractivity contribution < 1.29 is 4.79 Å². The van der Waals surface area contributed by atoms with Crippen LogP contribution in [0.25, 0.3) is 0 Å². The molecule has 0 saturated heterocycles. The summed E-state index contributed by atoms with van der Waals surface area (Å²) in [7, 11) is 0. The van der Waals surface area contributed by atoms with E-state index in [0.29, 0.717) is 11.8 Å². The van der Waals surface area contributed by atoms with Gasteiger partial charge in [-0.15, -0.1) is 11.6 Å². The van der Waals surface area contributed by atoms with Crippen LogP contribution in [0.3, 0.4) is 0 Å². The SMILES string of the molecule is N=C(N)SC(=O)CCl. The Bertz CT molecular complexity index is 116. The monoisotopic (exact) mass is 152 g/mol. The van der Waals surface area contributed by atoms with E-state index in [1.807, 2.05) is 0 Å². The van der Waals surface area contributed by atoms with Gasteiger partial charge in [0, 0.05) is 0 Å². The molecule has 0 aromatic heterocycles. The van der Waals surface area contributed by atoms with Crippen LogP contribution in [0.4, 0.5) is 0 Å². The first-order valence-corrected chi connectivity index (χ1v) is 3.12. The second-order valence-electron chi connectivity index (χ2n) is 0.972. The van der Waals surface area contributed by atoms with E-state index in [2.05, 4.69) is 0 Å². The largest absolute Gasteiger partial charge is 0.378 e. The van der Waals surface area contributed by atoms with Gasteiger partial charge in [-0.05, 0) is 11.8 Å². The molecule has 3 nitrogen and oxygen atoms in total. The van der Waals surface area contributed by atoms with E-state index in [0.717, 1.165) is 0 Å². The van der Waals surface area contributed by atoms with Gasteiger partial charge in [0.05, 0.1) is 5.88 Å². The van der Waals surface area contributed by atoms with Gasteiger partial charge in [0.1, 0.15) is 0 Å². The summed E-state index contributed by atoms with van der Waals surface area (Å²) < 4.78 is 0. The number of amidine groups is 1. The Morgan fingerprint density at radius 3 is 2.50 bits per heavy atom. The van der Waals surface area contributed by atoms with Crippen molar-refractivity contribution in [2.75, 3.05) is 5.88 Å². The van der Waals surface area contributed by atoms with E-state index >= 15 is 0 Å². The first-order valence-electron chi connectivity index (χ1n) is 1.77. The molecular weight excluding hydrogens is 148 g/mol. The lowest BCUT2D eigenvalue weighted by Crippen LogP contribution is -2.08. The molecule has 0 unspecified atom stereocenters. The highest BCUT2D eigenvalue weighted by molar-refractivity contribution is 8.26. The van der Waals surface area contributed by atoms with Crippen LogP contribution in [0.15, 0.2) is 0 Å². The van der Waals surface area contributed by atoms with Crippen molar-refractivity contribution in [3.8, 4) is 0 Å². The standard InChI is InChI=1S/C3H5ClN2OS/c4-1-2(7)8-3(5)6/h1H2,(H3,5,6). The number of nitrogens with one attached hydrogen (secondary N) is 1. The van der Waals surface area contributed by atoms with Crippen LogP contribution < -0.4 is 5.73 Å². The first kappa shape index (κ1) is 7.78. The predicted molar refractivity (Wildman–Crippen MR) is 35.2 cm³/mol. The van der Waals surface area contributed by atoms with Crippen LogP contribution in [-0.4, -0.2) is 16.2 Å². The van der Waals surface area contributed by atoms with Crippen LogP contribution in [-0.2, 0) is 4.79 Å². The lowest BCUT2D eigenvalue weighted by Gasteiger charge is -1.88. The summed E-state index contributed by atoms with van der Waals surface area (Å²) in [5.74, 6) is -0.0930. The molecule has 0 heterocycles. The minimum atomic E-state index is -0.292. The maximum Gasteiger partial charge on any atom is 0.211 e. The zero-order valence-corrected chi connectivity index (χ0v) is 5.55. The zero-order chi connectivity index (χ0) is 6.57. The molecule has 0 amide bonds. The number of nitrogens with two attached hydrogens (primary N) is 1. The van der Waals surface area contributed by atoms with Crippen molar-refractivity contribution in [3.05, 3.63) is 0 Å². The number of rotatable bonds is 1. The molecule has 0 bridgehead atoms. The van der Waals surface area contributed by atoms with Crippen molar-refractivity contribution in [2.45, 2.75) is 0 Å². The van der Waals surface area contributed by atoms with Crippen molar-refractivity contribution in [1.82, 2.24) is 0 Å². The van der Waals surface area contributed by atoms with Gasteiger partial charge in [-0.1, -0.05) is 0 Å². The Morgan fingerprint density at radius 2 is 2.38 bits per heavy atom. The van der Waals surface area contributed by atoms with E-state index in [4.69, 9.17) is 22.7 Å². The molecule has 8 heavy (non-hydrogen) atoms. The summed E-state index contributed by atoms with van der Waals surface area (Å²) in [5, 5.41) is 6.08. The number of hydrogen-bond donors (Lipinski definition) is 2. The topological polar surface area (TPSA) is 66.9 Å². The van der Waals surface area contributed by atoms with Crippen molar-refractivity contribution in [3.63, 3.8) is 0 Å². The number of halogens is 1. The van der Waals surface area contributed by atoms with Gasteiger partial charge < -0.3 is 5.73 Å². The molecule has 0 saturated carbocycles. The fourth-order valence-corrected chi connectivity index (χ4v) is 0.613. The van der Waals surface area contributed by atoms with Crippen LogP contribution >= 0.6 is 23.4 Å². The fourth-order valence-electron chi connectivity index (χ4n) is 0.150. The maximum absolute atomic E-state index is 10.2. The van der Waals surface area contributed by atoms with Crippen LogP contribution in [0, 0.1) is 5.41 Å². The van der Waals surface area contributed by atoms with Crippen LogP contribution in [0.5, 0.6) is 0 Å². The Hall–Kier alpha value is -0.220. The highest BCUT2D eigenvalue weighted by Crippen LogP contribution is 2.00. The highest BCUT2D eigenvalue weighted by Gasteiger charge is 1.99. The van der Waals surface area contributed by atoms with Crippen molar-refractivity contribution in [1.29, 1.82) is 5.41 Å². The van der Waals surface area contributed by atoms with Gasteiger partial charge in [-0.25, -0.2) is 0 Å². The summed E-state index contributed by atoms with van der Waals surface area (Å²) in [6.45, 7) is 0. The van der Waals surface area contributed by atoms with Gasteiger partial charge >= 0.3 is 0 Å². The third kappa shape index (κ3) is 3.95. The third-order valence-electron chi connectivity index (χ3n) is 0.333. The normalized spacial score (nSPS) is 8.62. The molecule has 0 spiro atoms. The molecule has 0 rings (SSSR count). The molecule has 0 radical (unpaired) electrons. The van der Waals surface area contributed by atoms with Crippen molar-refractivity contribution in [2.24, 2.45) is 5.73 Å². The number of carbonyl (C=O) groups excluding carboxylic acids is 1. The molecule has 0 atom stereocenters. The molecule has 5 heteroatoms. The van der Waals surface area contributed by atoms with Crippen LogP contribution in [0.2, 0.25) is 0 Å². The molecule has 0 aliphatic rings. The lowest BCUT2D eigenvalue weighted by atomic mass is 10.9. The molecule has 0 aromatic carbocycles. The summed E-state index contributed by atoms with van der Waals surface area (Å²) in [6, 6.07) is 0. The van der Waals surface area contributed by atoms with E-state index in [-0.39, 0.29) is 16.2 Å². The Kier molecular flexibility index (Phi) is 3.64. The smallest absolute Gasteiger partial charge is 0.211 e. The van der Waals surface area contributed by atoms with E-state index in [1.54, 1.807) is 0 Å². The molecule has 0 aliphatic carbocycles. The number of alkyl halides is 1. The molecule has 0 fully saturated rings. The second kappa shape index (κ2) is 3.74. The van der Waals surface area contributed by atoms with Gasteiger partial charge in [0.25, 0.3) is 0 Å². The first-order chi connectivity index (χ1) is 3.66.